The van der Waals surface area contributed by atoms with Crippen LogP contribution >= 0.6 is 11.3 Å². The molecule has 0 aliphatic carbocycles. The van der Waals surface area contributed by atoms with E-state index in [1.807, 2.05) is 13.8 Å². The van der Waals surface area contributed by atoms with Crippen LogP contribution in [0.2, 0.25) is 0 Å². The number of nitrogens with zero attached hydrogens (tertiary/aromatic N) is 2. The summed E-state index contributed by atoms with van der Waals surface area (Å²) >= 11 is 1.35. The first-order valence-electron chi connectivity index (χ1n) is 7.50. The van der Waals surface area contributed by atoms with Crippen molar-refractivity contribution in [2.45, 2.75) is 33.1 Å². The summed E-state index contributed by atoms with van der Waals surface area (Å²) in [5.41, 5.74) is 0.574. The van der Waals surface area contributed by atoms with Crippen LogP contribution in [-0.2, 0) is 11.2 Å². The highest BCUT2D eigenvalue weighted by Crippen LogP contribution is 2.17. The van der Waals surface area contributed by atoms with E-state index < -0.39 is 0 Å². The maximum atomic E-state index is 12.1. The van der Waals surface area contributed by atoms with E-state index in [0.29, 0.717) is 17.3 Å². The normalized spacial score (nSPS) is 10.3. The lowest BCUT2D eigenvalue weighted by Gasteiger charge is -2.04. The topological polar surface area (TPSA) is 81.2 Å². The summed E-state index contributed by atoms with van der Waals surface area (Å²) in [6.07, 6.45) is 1.05. The highest BCUT2D eigenvalue weighted by Gasteiger charge is 2.11. The second-order valence-electron chi connectivity index (χ2n) is 4.78. The SMILES string of the molecule is CCOc1ccc(C(=O)CCC(=O)Nc2nnc(CC)s2)cc1. The van der Waals surface area contributed by atoms with Gasteiger partial charge in [0.1, 0.15) is 10.8 Å². The van der Waals surface area contributed by atoms with Crippen molar-refractivity contribution in [2.24, 2.45) is 0 Å². The van der Waals surface area contributed by atoms with Crippen molar-refractivity contribution in [1.82, 2.24) is 10.2 Å². The third kappa shape index (κ3) is 5.14. The number of anilines is 1. The largest absolute Gasteiger partial charge is 0.494 e. The quantitative estimate of drug-likeness (QED) is 0.751. The molecule has 0 saturated carbocycles. The number of aryl methyl sites for hydroxylation is 1. The van der Waals surface area contributed by atoms with Gasteiger partial charge in [0.25, 0.3) is 0 Å². The zero-order valence-electron chi connectivity index (χ0n) is 13.2. The molecule has 0 radical (unpaired) electrons. The maximum Gasteiger partial charge on any atom is 0.226 e. The van der Waals surface area contributed by atoms with E-state index in [-0.39, 0.29) is 24.5 Å². The van der Waals surface area contributed by atoms with Gasteiger partial charge in [-0.05, 0) is 37.6 Å². The van der Waals surface area contributed by atoms with E-state index in [0.717, 1.165) is 17.2 Å². The number of hydrogen-bond acceptors (Lipinski definition) is 6. The van der Waals surface area contributed by atoms with Crippen molar-refractivity contribution in [3.63, 3.8) is 0 Å². The van der Waals surface area contributed by atoms with Gasteiger partial charge in [0, 0.05) is 18.4 Å². The highest BCUT2D eigenvalue weighted by atomic mass is 32.1. The number of nitrogens with one attached hydrogen (secondary N) is 1. The van der Waals surface area contributed by atoms with E-state index in [9.17, 15) is 9.59 Å². The number of hydrogen-bond donors (Lipinski definition) is 1. The Morgan fingerprint density at radius 2 is 1.87 bits per heavy atom. The molecule has 0 aliphatic rings. The van der Waals surface area contributed by atoms with E-state index in [4.69, 9.17) is 4.74 Å². The van der Waals surface area contributed by atoms with E-state index in [1.54, 1.807) is 24.3 Å². The Labute approximate surface area is 138 Å². The molecule has 1 aromatic heterocycles. The van der Waals surface area contributed by atoms with E-state index >= 15 is 0 Å². The Morgan fingerprint density at radius 1 is 1.13 bits per heavy atom. The minimum atomic E-state index is -0.233. The lowest BCUT2D eigenvalue weighted by molar-refractivity contribution is -0.116. The van der Waals surface area contributed by atoms with Crippen LogP contribution in [0.15, 0.2) is 24.3 Å². The lowest BCUT2D eigenvalue weighted by Crippen LogP contribution is -2.13. The van der Waals surface area contributed by atoms with Gasteiger partial charge < -0.3 is 10.1 Å². The standard InChI is InChI=1S/C16H19N3O3S/c1-3-15-18-19-16(23-15)17-14(21)10-9-13(20)11-5-7-12(8-6-11)22-4-2/h5-8H,3-4,9-10H2,1-2H3,(H,17,19,21). The number of aromatic nitrogens is 2. The Kier molecular flexibility index (Phi) is 6.22. The molecule has 1 amide bonds. The second-order valence-corrected chi connectivity index (χ2v) is 5.85. The van der Waals surface area contributed by atoms with Crippen LogP contribution in [0, 0.1) is 0 Å². The van der Waals surface area contributed by atoms with Crippen LogP contribution in [0.3, 0.4) is 0 Å². The number of carbonyl (C=O) groups is 2. The first-order valence-corrected chi connectivity index (χ1v) is 8.32. The number of rotatable bonds is 8. The smallest absolute Gasteiger partial charge is 0.226 e. The number of benzene rings is 1. The molecular weight excluding hydrogens is 314 g/mol. The molecule has 2 aromatic rings. The van der Waals surface area contributed by atoms with Crippen molar-refractivity contribution in [2.75, 3.05) is 11.9 Å². The molecule has 6 nitrogen and oxygen atoms in total. The first-order chi connectivity index (χ1) is 11.1. The van der Waals surface area contributed by atoms with Crippen molar-refractivity contribution < 1.29 is 14.3 Å². The van der Waals surface area contributed by atoms with Crippen LogP contribution in [0.25, 0.3) is 0 Å². The molecule has 0 fully saturated rings. The van der Waals surface area contributed by atoms with Crippen LogP contribution in [-0.4, -0.2) is 28.5 Å². The predicted molar refractivity (Wildman–Crippen MR) is 89.1 cm³/mol. The molecule has 0 bridgehead atoms. The molecule has 1 N–H and O–H groups in total. The van der Waals surface area contributed by atoms with Gasteiger partial charge in [-0.25, -0.2) is 0 Å². The van der Waals surface area contributed by atoms with Crippen molar-refractivity contribution in [3.05, 3.63) is 34.8 Å². The van der Waals surface area contributed by atoms with Gasteiger partial charge in [-0.2, -0.15) is 0 Å². The summed E-state index contributed by atoms with van der Waals surface area (Å²) in [4.78, 5) is 23.9. The second kappa shape index (κ2) is 8.38. The summed E-state index contributed by atoms with van der Waals surface area (Å²) in [5.74, 6) is 0.419. The zero-order chi connectivity index (χ0) is 16.7. The molecule has 2 rings (SSSR count). The van der Waals surface area contributed by atoms with E-state index in [1.165, 1.54) is 11.3 Å². The molecular formula is C16H19N3O3S. The number of amides is 1. The fraction of sp³-hybridized carbons (Fsp3) is 0.375. The fourth-order valence-corrected chi connectivity index (χ4v) is 2.60. The van der Waals surface area contributed by atoms with Gasteiger partial charge in [-0.1, -0.05) is 18.3 Å². The number of Topliss-reactive ketones (excluding diaryl/α,β-unsaturated/α-hetero) is 1. The van der Waals surface area contributed by atoms with Gasteiger partial charge in [0.05, 0.1) is 6.61 Å². The monoisotopic (exact) mass is 333 g/mol. The predicted octanol–water partition coefficient (Wildman–Crippen LogP) is 3.10. The highest BCUT2D eigenvalue weighted by molar-refractivity contribution is 7.15. The Hall–Kier alpha value is -2.28. The van der Waals surface area contributed by atoms with Crippen LogP contribution < -0.4 is 10.1 Å². The third-order valence-electron chi connectivity index (χ3n) is 3.08. The molecule has 122 valence electrons. The Morgan fingerprint density at radius 3 is 2.48 bits per heavy atom. The Bertz CT molecular complexity index is 667. The molecule has 0 atom stereocenters. The van der Waals surface area contributed by atoms with Gasteiger partial charge in [-0.15, -0.1) is 10.2 Å². The minimum absolute atomic E-state index is 0.0743. The first kappa shape index (κ1) is 17.1. The molecule has 0 saturated heterocycles. The number of ether oxygens (including phenoxy) is 1. The molecule has 0 aliphatic heterocycles. The molecule has 23 heavy (non-hydrogen) atoms. The lowest BCUT2D eigenvalue weighted by atomic mass is 10.1. The number of ketones is 1. The summed E-state index contributed by atoms with van der Waals surface area (Å²) in [6, 6.07) is 6.93. The number of carbonyl (C=O) groups excluding carboxylic acids is 2. The van der Waals surface area contributed by atoms with Crippen molar-refractivity contribution >= 4 is 28.2 Å². The maximum absolute atomic E-state index is 12.1. The van der Waals surface area contributed by atoms with Crippen LogP contribution in [0.1, 0.15) is 42.1 Å². The summed E-state index contributed by atoms with van der Waals surface area (Å²) in [5, 5.41) is 11.8. The molecule has 0 spiro atoms. The Balaban J connectivity index is 1.82. The molecule has 0 unspecified atom stereocenters. The van der Waals surface area contributed by atoms with Crippen molar-refractivity contribution in [3.8, 4) is 5.75 Å². The third-order valence-corrected chi connectivity index (χ3v) is 4.07. The molecule has 1 heterocycles. The average Bonchev–Trinajstić information content (AvgIpc) is 3.01. The molecule has 7 heteroatoms. The van der Waals surface area contributed by atoms with E-state index in [2.05, 4.69) is 15.5 Å². The minimum Gasteiger partial charge on any atom is -0.494 e. The van der Waals surface area contributed by atoms with Gasteiger partial charge >= 0.3 is 0 Å². The van der Waals surface area contributed by atoms with Gasteiger partial charge in [0.15, 0.2) is 5.78 Å². The van der Waals surface area contributed by atoms with Crippen molar-refractivity contribution in [1.29, 1.82) is 0 Å². The fourth-order valence-electron chi connectivity index (χ4n) is 1.90. The molecule has 1 aromatic carbocycles. The zero-order valence-corrected chi connectivity index (χ0v) is 14.0. The summed E-state index contributed by atoms with van der Waals surface area (Å²) in [6.45, 7) is 4.46. The van der Waals surface area contributed by atoms with Crippen LogP contribution in [0.5, 0.6) is 5.75 Å². The van der Waals surface area contributed by atoms with Gasteiger partial charge in [0.2, 0.25) is 11.0 Å². The average molecular weight is 333 g/mol. The summed E-state index contributed by atoms with van der Waals surface area (Å²) < 4.78 is 5.33. The van der Waals surface area contributed by atoms with Gasteiger partial charge in [-0.3, -0.25) is 9.59 Å². The van der Waals surface area contributed by atoms with Crippen LogP contribution in [0.4, 0.5) is 5.13 Å². The summed E-state index contributed by atoms with van der Waals surface area (Å²) in [7, 11) is 0.